The number of carbonyl (C=O) groups excluding carboxylic acids is 1. The van der Waals surface area contributed by atoms with Crippen molar-refractivity contribution in [2.24, 2.45) is 5.41 Å². The van der Waals surface area contributed by atoms with Crippen LogP contribution in [0.25, 0.3) is 0 Å². The van der Waals surface area contributed by atoms with E-state index in [1.807, 2.05) is 0 Å². The van der Waals surface area contributed by atoms with Crippen LogP contribution in [0.1, 0.15) is 36.5 Å². The highest BCUT2D eigenvalue weighted by Crippen LogP contribution is 2.39. The standard InChI is InChI=1S/C14H20N2O2/c1-14(6-3-7-14)9-16-13(17)10-4-5-11(15)12(8-10)18-2/h4-5,8H,3,6-7,9,15H2,1-2H3,(H,16,17). The van der Waals surface area contributed by atoms with Crippen LogP contribution in [0.5, 0.6) is 5.75 Å². The molecule has 98 valence electrons. The van der Waals surface area contributed by atoms with Gasteiger partial charge >= 0.3 is 0 Å². The lowest BCUT2D eigenvalue weighted by molar-refractivity contribution is 0.0890. The molecule has 4 nitrogen and oxygen atoms in total. The van der Waals surface area contributed by atoms with Gasteiger partial charge in [-0.1, -0.05) is 13.3 Å². The number of rotatable bonds is 4. The topological polar surface area (TPSA) is 64.3 Å². The fraction of sp³-hybridized carbons (Fsp3) is 0.500. The lowest BCUT2D eigenvalue weighted by atomic mass is 9.70. The van der Waals surface area contributed by atoms with Gasteiger partial charge in [-0.15, -0.1) is 0 Å². The second-order valence-corrected chi connectivity index (χ2v) is 5.30. The Bertz CT molecular complexity index is 453. The van der Waals surface area contributed by atoms with Gasteiger partial charge in [0.1, 0.15) is 5.75 Å². The minimum absolute atomic E-state index is 0.0681. The molecule has 1 aromatic carbocycles. The van der Waals surface area contributed by atoms with Gasteiger partial charge < -0.3 is 15.8 Å². The summed E-state index contributed by atoms with van der Waals surface area (Å²) in [6.07, 6.45) is 3.65. The first-order valence-corrected chi connectivity index (χ1v) is 6.26. The van der Waals surface area contributed by atoms with Crippen LogP contribution in [0.2, 0.25) is 0 Å². The molecule has 1 amide bonds. The van der Waals surface area contributed by atoms with Gasteiger partial charge in [-0.2, -0.15) is 0 Å². The minimum Gasteiger partial charge on any atom is -0.495 e. The predicted molar refractivity (Wildman–Crippen MR) is 71.7 cm³/mol. The van der Waals surface area contributed by atoms with Crippen LogP contribution in [-0.2, 0) is 0 Å². The molecule has 1 aromatic rings. The van der Waals surface area contributed by atoms with Crippen LogP contribution in [0.3, 0.4) is 0 Å². The Balaban J connectivity index is 2.00. The molecule has 0 heterocycles. The summed E-state index contributed by atoms with van der Waals surface area (Å²) in [5.74, 6) is 0.471. The van der Waals surface area contributed by atoms with Crippen molar-refractivity contribution < 1.29 is 9.53 Å². The molecule has 1 aliphatic rings. The van der Waals surface area contributed by atoms with E-state index in [9.17, 15) is 4.79 Å². The van der Waals surface area contributed by atoms with Crippen molar-refractivity contribution in [3.05, 3.63) is 23.8 Å². The molecule has 0 aliphatic heterocycles. The van der Waals surface area contributed by atoms with E-state index >= 15 is 0 Å². The zero-order valence-corrected chi connectivity index (χ0v) is 11.0. The summed E-state index contributed by atoms with van der Waals surface area (Å²) < 4.78 is 5.11. The van der Waals surface area contributed by atoms with Crippen molar-refractivity contribution in [1.29, 1.82) is 0 Å². The summed E-state index contributed by atoms with van der Waals surface area (Å²) >= 11 is 0. The number of hydrogen-bond acceptors (Lipinski definition) is 3. The van der Waals surface area contributed by atoms with Crippen LogP contribution in [0.4, 0.5) is 5.69 Å². The molecule has 4 heteroatoms. The van der Waals surface area contributed by atoms with Crippen molar-refractivity contribution in [3.63, 3.8) is 0 Å². The Labute approximate surface area is 108 Å². The van der Waals surface area contributed by atoms with Gasteiger partial charge in [0.05, 0.1) is 12.8 Å². The maximum atomic E-state index is 12.0. The third-order valence-electron chi connectivity index (χ3n) is 3.73. The number of ether oxygens (including phenoxy) is 1. The van der Waals surface area contributed by atoms with E-state index in [4.69, 9.17) is 10.5 Å². The van der Waals surface area contributed by atoms with Crippen LogP contribution in [0.15, 0.2) is 18.2 Å². The fourth-order valence-corrected chi connectivity index (χ4v) is 2.21. The highest BCUT2D eigenvalue weighted by molar-refractivity contribution is 5.95. The van der Waals surface area contributed by atoms with Gasteiger partial charge in [-0.05, 0) is 36.5 Å². The number of hydrogen-bond donors (Lipinski definition) is 2. The molecule has 1 saturated carbocycles. The van der Waals surface area contributed by atoms with E-state index in [1.165, 1.54) is 19.3 Å². The number of methoxy groups -OCH3 is 1. The molecule has 2 rings (SSSR count). The highest BCUT2D eigenvalue weighted by atomic mass is 16.5. The predicted octanol–water partition coefficient (Wildman–Crippen LogP) is 2.20. The summed E-state index contributed by atoms with van der Waals surface area (Å²) in [6.45, 7) is 2.94. The van der Waals surface area contributed by atoms with Gasteiger partial charge in [0.15, 0.2) is 0 Å². The fourth-order valence-electron chi connectivity index (χ4n) is 2.21. The van der Waals surface area contributed by atoms with Crippen LogP contribution < -0.4 is 15.8 Å². The second kappa shape index (κ2) is 4.88. The second-order valence-electron chi connectivity index (χ2n) is 5.30. The van der Waals surface area contributed by atoms with Gasteiger partial charge in [0, 0.05) is 12.1 Å². The maximum absolute atomic E-state index is 12.0. The number of carbonyl (C=O) groups is 1. The summed E-state index contributed by atoms with van der Waals surface area (Å²) in [7, 11) is 1.54. The summed E-state index contributed by atoms with van der Waals surface area (Å²) in [5, 5.41) is 2.98. The van der Waals surface area contributed by atoms with Crippen LogP contribution in [-0.4, -0.2) is 19.6 Å². The minimum atomic E-state index is -0.0681. The van der Waals surface area contributed by atoms with E-state index < -0.39 is 0 Å². The molecule has 3 N–H and O–H groups in total. The van der Waals surface area contributed by atoms with Crippen molar-refractivity contribution in [1.82, 2.24) is 5.32 Å². The summed E-state index contributed by atoms with van der Waals surface area (Å²) in [4.78, 5) is 12.0. The molecule has 0 spiro atoms. The van der Waals surface area contributed by atoms with E-state index in [-0.39, 0.29) is 11.3 Å². The molecule has 0 bridgehead atoms. The van der Waals surface area contributed by atoms with E-state index in [1.54, 1.807) is 25.3 Å². The van der Waals surface area contributed by atoms with E-state index in [0.29, 0.717) is 17.0 Å². The molecule has 0 unspecified atom stereocenters. The first-order chi connectivity index (χ1) is 8.54. The average molecular weight is 248 g/mol. The lowest BCUT2D eigenvalue weighted by Crippen LogP contribution is -2.39. The third kappa shape index (κ3) is 2.58. The van der Waals surface area contributed by atoms with Crippen LogP contribution in [0, 0.1) is 5.41 Å². The number of nitrogen functional groups attached to an aromatic ring is 1. The first-order valence-electron chi connectivity index (χ1n) is 6.26. The normalized spacial score (nSPS) is 16.8. The zero-order valence-electron chi connectivity index (χ0n) is 11.0. The van der Waals surface area contributed by atoms with Crippen molar-refractivity contribution in [2.45, 2.75) is 26.2 Å². The number of anilines is 1. The van der Waals surface area contributed by atoms with Crippen molar-refractivity contribution in [3.8, 4) is 5.75 Å². The monoisotopic (exact) mass is 248 g/mol. The molecule has 1 aliphatic carbocycles. The molecule has 0 saturated heterocycles. The van der Waals surface area contributed by atoms with Crippen LogP contribution >= 0.6 is 0 Å². The zero-order chi connectivity index (χ0) is 13.2. The smallest absolute Gasteiger partial charge is 0.251 e. The molecule has 18 heavy (non-hydrogen) atoms. The summed E-state index contributed by atoms with van der Waals surface area (Å²) in [6, 6.07) is 5.09. The SMILES string of the molecule is COc1cc(C(=O)NCC2(C)CCC2)ccc1N. The molecular formula is C14H20N2O2. The third-order valence-corrected chi connectivity index (χ3v) is 3.73. The number of benzene rings is 1. The molecule has 0 radical (unpaired) electrons. The van der Waals surface area contributed by atoms with Gasteiger partial charge in [0.25, 0.3) is 5.91 Å². The average Bonchev–Trinajstić information content (AvgIpc) is 2.34. The Hall–Kier alpha value is -1.71. The highest BCUT2D eigenvalue weighted by Gasteiger charge is 2.31. The molecule has 0 atom stereocenters. The van der Waals surface area contributed by atoms with E-state index in [2.05, 4.69) is 12.2 Å². The van der Waals surface area contributed by atoms with Gasteiger partial charge in [-0.3, -0.25) is 4.79 Å². The van der Waals surface area contributed by atoms with Crippen molar-refractivity contribution >= 4 is 11.6 Å². The van der Waals surface area contributed by atoms with Gasteiger partial charge in [-0.25, -0.2) is 0 Å². The Morgan fingerprint density at radius 2 is 2.22 bits per heavy atom. The summed E-state index contributed by atoms with van der Waals surface area (Å²) in [5.41, 5.74) is 7.13. The number of nitrogens with two attached hydrogens (primary N) is 1. The molecule has 0 aromatic heterocycles. The first kappa shape index (κ1) is 12.7. The Morgan fingerprint density at radius 3 is 2.78 bits per heavy atom. The van der Waals surface area contributed by atoms with Crippen molar-refractivity contribution in [2.75, 3.05) is 19.4 Å². The largest absolute Gasteiger partial charge is 0.495 e. The molecular weight excluding hydrogens is 228 g/mol. The van der Waals surface area contributed by atoms with E-state index in [0.717, 1.165) is 6.54 Å². The number of amides is 1. The maximum Gasteiger partial charge on any atom is 0.251 e. The van der Waals surface area contributed by atoms with Gasteiger partial charge in [0.2, 0.25) is 0 Å². The lowest BCUT2D eigenvalue weighted by Gasteiger charge is -2.38. The Kier molecular flexibility index (Phi) is 3.45. The molecule has 1 fully saturated rings. The quantitative estimate of drug-likeness (QED) is 0.803. The Morgan fingerprint density at radius 1 is 1.50 bits per heavy atom. The number of nitrogens with one attached hydrogen (secondary N) is 1.